The van der Waals surface area contributed by atoms with Gasteiger partial charge >= 0.3 is 0 Å². The first-order chi connectivity index (χ1) is 4.74. The number of thiazole rings is 1. The van der Waals surface area contributed by atoms with Crippen molar-refractivity contribution in [2.24, 2.45) is 0 Å². The maximum atomic E-state index is 9.85. The van der Waals surface area contributed by atoms with Gasteiger partial charge in [0.05, 0.1) is 9.88 Å². The van der Waals surface area contributed by atoms with E-state index in [0.29, 0.717) is 5.01 Å². The van der Waals surface area contributed by atoms with Gasteiger partial charge < -0.3 is 9.90 Å². The van der Waals surface area contributed by atoms with E-state index in [1.54, 1.807) is 13.2 Å². The van der Waals surface area contributed by atoms with E-state index in [-0.39, 0.29) is 45.0 Å². The molecule has 0 bridgehead atoms. The Labute approximate surface area is 93.7 Å². The van der Waals surface area contributed by atoms with E-state index in [1.807, 2.05) is 0 Å². The first-order valence-electron chi connectivity index (χ1n) is 2.74. The van der Waals surface area contributed by atoms with Crippen LogP contribution < -0.4 is 0 Å². The number of nitrogens with zero attached hydrogens (tertiary/aromatic N) is 1. The number of aromatic hydroxyl groups is 1. The fourth-order valence-corrected chi connectivity index (χ4v) is 1.33. The molecule has 1 N–H and O–H groups in total. The summed E-state index contributed by atoms with van der Waals surface area (Å²) in [6.07, 6.45) is 1.88. The zero-order chi connectivity index (χ0) is 7.56. The molecule has 5 heteroatoms. The van der Waals surface area contributed by atoms with Crippen molar-refractivity contribution in [3.63, 3.8) is 0 Å². The van der Waals surface area contributed by atoms with E-state index >= 15 is 0 Å². The van der Waals surface area contributed by atoms with E-state index in [9.17, 15) is 4.79 Å². The van der Waals surface area contributed by atoms with Gasteiger partial charge in [-0.25, -0.2) is 4.98 Å². The second-order valence-electron chi connectivity index (χ2n) is 1.81. The molecule has 1 radical (unpaired) electrons. The Balaban J connectivity index is 0.000001000. The van der Waals surface area contributed by atoms with Crippen LogP contribution in [0.15, 0.2) is 0 Å². The average molecular weight is 245 g/mol. The van der Waals surface area contributed by atoms with Crippen LogP contribution in [0.1, 0.15) is 9.88 Å². The van der Waals surface area contributed by atoms with Gasteiger partial charge in [-0.2, -0.15) is 0 Å². The predicted octanol–water partition coefficient (Wildman–Crippen LogP) is 0.807. The molecule has 0 saturated carbocycles. The zero-order valence-corrected chi connectivity index (χ0v) is 9.65. The van der Waals surface area contributed by atoms with Crippen molar-refractivity contribution in [1.82, 2.24) is 4.98 Å². The van der Waals surface area contributed by atoms with Crippen LogP contribution >= 0.6 is 11.3 Å². The van der Waals surface area contributed by atoms with E-state index in [4.69, 9.17) is 5.11 Å². The average Bonchev–Trinajstić information content (AvgIpc) is 2.14. The third-order valence-electron chi connectivity index (χ3n) is 1.04. The molecule has 1 heterocycles. The number of hydrogen-bond donors (Lipinski definition) is 1. The summed E-state index contributed by atoms with van der Waals surface area (Å²) in [5.41, 5.74) is 0. The summed E-state index contributed by atoms with van der Waals surface area (Å²) in [4.78, 5) is 14.3. The smallest absolute Gasteiger partial charge is 0.225 e. The molecular weight excluding hydrogens is 239 g/mol. The minimum atomic E-state index is 0. The van der Waals surface area contributed by atoms with Crippen LogP contribution in [-0.4, -0.2) is 16.4 Å². The van der Waals surface area contributed by atoms with E-state index in [1.165, 1.54) is 11.3 Å². The minimum Gasteiger partial charge on any atom is -0.541 e. The second-order valence-corrected chi connectivity index (χ2v) is 3.10. The predicted molar refractivity (Wildman–Crippen MR) is 37.9 cm³/mol. The van der Waals surface area contributed by atoms with Crippen LogP contribution in [0.3, 0.4) is 0 Å². The summed E-state index contributed by atoms with van der Waals surface area (Å²) >= 11 is 1.32. The topological polar surface area (TPSA) is 50.2 Å². The second kappa shape index (κ2) is 4.96. The Morgan fingerprint density at radius 1 is 1.73 bits per heavy atom. The van der Waals surface area contributed by atoms with Crippen molar-refractivity contribution in [2.45, 2.75) is 13.3 Å². The molecule has 3 nitrogen and oxygen atoms in total. The van der Waals surface area contributed by atoms with Crippen molar-refractivity contribution in [1.29, 1.82) is 0 Å². The Morgan fingerprint density at radius 3 is 2.73 bits per heavy atom. The van der Waals surface area contributed by atoms with E-state index < -0.39 is 0 Å². The molecule has 0 unspecified atom stereocenters. The van der Waals surface area contributed by atoms with Gasteiger partial charge in [0.1, 0.15) is 0 Å². The van der Waals surface area contributed by atoms with Crippen molar-refractivity contribution in [2.75, 3.05) is 0 Å². The summed E-state index contributed by atoms with van der Waals surface area (Å²) in [5, 5.41) is 9.55. The van der Waals surface area contributed by atoms with Gasteiger partial charge in [-0.1, -0.05) is 6.42 Å². The SMILES string of the molecule is Cc1sc(C[C-]=O)nc1O.[Y]. The summed E-state index contributed by atoms with van der Waals surface area (Å²) in [6.45, 7) is 1.75. The molecule has 0 fully saturated rings. The normalized spacial score (nSPS) is 8.82. The molecule has 1 aromatic rings. The molecule has 0 aliphatic rings. The van der Waals surface area contributed by atoms with Crippen LogP contribution in [0.4, 0.5) is 0 Å². The number of hydrogen-bond acceptors (Lipinski definition) is 4. The first kappa shape index (κ1) is 11.2. The Kier molecular flexibility index (Phi) is 5.05. The van der Waals surface area contributed by atoms with Crippen molar-refractivity contribution < 1.29 is 42.6 Å². The molecule has 57 valence electrons. The van der Waals surface area contributed by atoms with Gasteiger partial charge in [0, 0.05) is 32.7 Å². The summed E-state index contributed by atoms with van der Waals surface area (Å²) in [5.74, 6) is 0.0234. The third-order valence-corrected chi connectivity index (χ3v) is 2.00. The van der Waals surface area contributed by atoms with Gasteiger partial charge in [0.15, 0.2) is 0 Å². The first-order valence-corrected chi connectivity index (χ1v) is 3.56. The molecule has 0 saturated heterocycles. The van der Waals surface area contributed by atoms with Gasteiger partial charge in [-0.05, 0) is 6.92 Å². The molecule has 0 aromatic carbocycles. The summed E-state index contributed by atoms with van der Waals surface area (Å²) < 4.78 is 0. The van der Waals surface area contributed by atoms with E-state index in [0.717, 1.165) is 4.88 Å². The summed E-state index contributed by atoms with van der Waals surface area (Å²) in [7, 11) is 0. The number of rotatable bonds is 2. The largest absolute Gasteiger partial charge is 0.541 e. The molecule has 0 amide bonds. The van der Waals surface area contributed by atoms with Crippen LogP contribution in [0.5, 0.6) is 5.88 Å². The standard InChI is InChI=1S/C6H6NO2S.Y/c1-4-6(9)7-5(10-4)2-3-8;/h9H,2H2,1H3;/q-1;. The van der Waals surface area contributed by atoms with Gasteiger partial charge in [0.2, 0.25) is 5.88 Å². The molecule has 0 aliphatic carbocycles. The fraction of sp³-hybridized carbons (Fsp3) is 0.333. The summed E-state index contributed by atoms with van der Waals surface area (Å²) in [6, 6.07) is 0. The Morgan fingerprint density at radius 2 is 2.36 bits per heavy atom. The van der Waals surface area contributed by atoms with Crippen LogP contribution in [0.2, 0.25) is 0 Å². The van der Waals surface area contributed by atoms with Crippen LogP contribution in [-0.2, 0) is 43.9 Å². The number of aryl methyl sites for hydroxylation is 1. The van der Waals surface area contributed by atoms with Crippen molar-refractivity contribution in [3.8, 4) is 5.88 Å². The van der Waals surface area contributed by atoms with Crippen molar-refractivity contribution >= 4 is 17.6 Å². The van der Waals surface area contributed by atoms with Gasteiger partial charge in [-0.15, -0.1) is 11.3 Å². The molecule has 1 rings (SSSR count). The quantitative estimate of drug-likeness (QED) is 0.784. The maximum absolute atomic E-state index is 9.85. The molecule has 0 atom stereocenters. The van der Waals surface area contributed by atoms with Crippen LogP contribution in [0.25, 0.3) is 0 Å². The van der Waals surface area contributed by atoms with Crippen LogP contribution in [0, 0.1) is 6.92 Å². The Bertz CT molecular complexity index is 229. The molecular formula is C6H6NO2SY-. The minimum absolute atomic E-state index is 0. The van der Waals surface area contributed by atoms with Gasteiger partial charge in [-0.3, -0.25) is 6.29 Å². The molecule has 0 spiro atoms. The Hall–Kier alpha value is 0.204. The molecule has 1 aromatic heterocycles. The monoisotopic (exact) mass is 245 g/mol. The van der Waals surface area contributed by atoms with E-state index in [2.05, 4.69) is 4.98 Å². The zero-order valence-electron chi connectivity index (χ0n) is 6.00. The fourth-order valence-electron chi connectivity index (χ4n) is 0.579. The maximum Gasteiger partial charge on any atom is 0.225 e. The number of carbonyl (C=O) groups excluding carboxylic acids is 1. The van der Waals surface area contributed by atoms with Gasteiger partial charge in [0.25, 0.3) is 0 Å². The molecule has 0 aliphatic heterocycles. The third kappa shape index (κ3) is 2.97. The van der Waals surface area contributed by atoms with Crippen molar-refractivity contribution in [3.05, 3.63) is 9.88 Å². The molecule has 11 heavy (non-hydrogen) atoms. The number of aromatic nitrogens is 1.